The number of fused-ring (bicyclic) bond motifs is 1. The van der Waals surface area contributed by atoms with Crippen molar-refractivity contribution in [3.05, 3.63) is 35.9 Å². The van der Waals surface area contributed by atoms with Crippen molar-refractivity contribution in [1.29, 1.82) is 0 Å². The van der Waals surface area contributed by atoms with Crippen LogP contribution in [-0.2, 0) is 9.13 Å². The van der Waals surface area contributed by atoms with Crippen LogP contribution in [0.15, 0.2) is 30.3 Å². The van der Waals surface area contributed by atoms with E-state index in [9.17, 15) is 9.13 Å². The predicted molar refractivity (Wildman–Crippen MR) is 97.0 cm³/mol. The van der Waals surface area contributed by atoms with Crippen LogP contribution in [0.2, 0.25) is 0 Å². The van der Waals surface area contributed by atoms with Crippen molar-refractivity contribution >= 4 is 145 Å². The topological polar surface area (TPSA) is 134 Å². The summed E-state index contributed by atoms with van der Waals surface area (Å²) in [5.41, 5.74) is 0.264. The van der Waals surface area contributed by atoms with E-state index in [1.165, 1.54) is 25.1 Å². The van der Waals surface area contributed by atoms with Gasteiger partial charge in [0.2, 0.25) is 0 Å². The molecular weight excluding hydrogens is 414 g/mol. The van der Waals surface area contributed by atoms with Crippen LogP contribution in [-0.4, -0.2) is 138 Å². The Morgan fingerprint density at radius 2 is 1.24 bits per heavy atom. The third-order valence-electron chi connectivity index (χ3n) is 2.57. The summed E-state index contributed by atoms with van der Waals surface area (Å²) in [6.07, 6.45) is 0. The predicted octanol–water partition coefficient (Wildman–Crippen LogP) is 0.568. The number of phosphoric ester groups is 2. The van der Waals surface area contributed by atoms with Crippen molar-refractivity contribution in [2.75, 3.05) is 0 Å². The van der Waals surface area contributed by atoms with Crippen molar-refractivity contribution in [3.8, 4) is 11.5 Å². The van der Waals surface area contributed by atoms with Crippen LogP contribution in [0.4, 0.5) is 0 Å². The van der Waals surface area contributed by atoms with E-state index < -0.39 is 15.6 Å². The number of benzene rings is 2. The maximum absolute atomic E-state index is 11.0. The van der Waals surface area contributed by atoms with Crippen LogP contribution in [0.1, 0.15) is 5.56 Å². The summed E-state index contributed by atoms with van der Waals surface area (Å²) in [6.45, 7) is 1.48. The van der Waals surface area contributed by atoms with Gasteiger partial charge in [-0.3, -0.25) is 19.6 Å². The Bertz CT molecular complexity index is 791. The zero-order valence-corrected chi connectivity index (χ0v) is 24.5. The van der Waals surface area contributed by atoms with Crippen LogP contribution in [0.3, 0.4) is 0 Å². The molecule has 2 aromatic carbocycles. The minimum absolute atomic E-state index is 0. The molecule has 14 heteroatoms. The Morgan fingerprint density at radius 1 is 0.800 bits per heavy atom. The fraction of sp³-hybridized carbons (Fsp3) is 0.0909. The summed E-state index contributed by atoms with van der Waals surface area (Å²) in [5.74, 6) is -0.175. The molecule has 25 heavy (non-hydrogen) atoms. The van der Waals surface area contributed by atoms with E-state index >= 15 is 0 Å². The van der Waals surface area contributed by atoms with Gasteiger partial charge in [-0.05, 0) is 18.6 Å². The van der Waals surface area contributed by atoms with Gasteiger partial charge in [-0.2, -0.15) is 0 Å². The Labute approximate surface area is 233 Å². The summed E-state index contributed by atoms with van der Waals surface area (Å²) in [6, 6.07) is 7.42. The van der Waals surface area contributed by atoms with E-state index in [0.29, 0.717) is 0 Å². The third kappa shape index (κ3) is 10.3. The second kappa shape index (κ2) is 13.0. The molecular formula is C11H12Na4O8P2. The average Bonchev–Trinajstić information content (AvgIpc) is 2.31. The largest absolute Gasteiger partial charge is 0.524 e. The fourth-order valence-corrected chi connectivity index (χ4v) is 2.78. The van der Waals surface area contributed by atoms with Crippen molar-refractivity contribution in [3.63, 3.8) is 0 Å². The summed E-state index contributed by atoms with van der Waals surface area (Å²) in [7, 11) is -9.53. The van der Waals surface area contributed by atoms with Gasteiger partial charge < -0.3 is 9.05 Å². The molecule has 2 aromatic rings. The van der Waals surface area contributed by atoms with Gasteiger partial charge in [-0.15, -0.1) is 0 Å². The van der Waals surface area contributed by atoms with Gasteiger partial charge in [0, 0.05) is 129 Å². The Kier molecular flexibility index (Phi) is 16.8. The fourth-order valence-electron chi connectivity index (χ4n) is 1.89. The smallest absolute Gasteiger partial charge is 0.404 e. The molecule has 4 N–H and O–H groups in total. The molecule has 0 aliphatic carbocycles. The number of rotatable bonds is 4. The second-order valence-corrected chi connectivity index (χ2v) is 6.56. The first-order chi connectivity index (χ1) is 9.57. The van der Waals surface area contributed by atoms with Crippen molar-refractivity contribution < 1.29 is 37.8 Å². The first kappa shape index (κ1) is 32.3. The van der Waals surface area contributed by atoms with E-state index in [2.05, 4.69) is 9.05 Å². The van der Waals surface area contributed by atoms with Gasteiger partial charge in [-0.25, -0.2) is 9.13 Å². The summed E-state index contributed by atoms with van der Waals surface area (Å²) < 4.78 is 31.3. The van der Waals surface area contributed by atoms with E-state index in [1.54, 1.807) is 12.1 Å². The Balaban J connectivity index is -0.00000121. The molecule has 0 spiro atoms. The van der Waals surface area contributed by atoms with Gasteiger partial charge in [0.05, 0.1) is 0 Å². The number of hydrogen-bond acceptors (Lipinski definition) is 4. The van der Waals surface area contributed by atoms with E-state index in [4.69, 9.17) is 19.6 Å². The minimum atomic E-state index is -4.77. The second-order valence-electron chi connectivity index (χ2n) is 4.23. The summed E-state index contributed by atoms with van der Waals surface area (Å²) in [5, 5.41) is 0.527. The minimum Gasteiger partial charge on any atom is -0.404 e. The van der Waals surface area contributed by atoms with Gasteiger partial charge >= 0.3 is 15.6 Å². The maximum Gasteiger partial charge on any atom is 0.524 e. The van der Waals surface area contributed by atoms with Crippen molar-refractivity contribution in [2.24, 2.45) is 0 Å². The number of phosphoric acid groups is 2. The SMILES string of the molecule is Cc1cc(OP(=O)(O)O)c2ccccc2c1OP(=O)(O)O.[Na].[Na].[Na].[Na]. The monoisotopic (exact) mass is 426 g/mol. The first-order valence-electron chi connectivity index (χ1n) is 5.59. The molecule has 0 fully saturated rings. The van der Waals surface area contributed by atoms with Crippen LogP contribution in [0.5, 0.6) is 11.5 Å². The molecule has 0 aromatic heterocycles. The van der Waals surface area contributed by atoms with Crippen molar-refractivity contribution in [1.82, 2.24) is 0 Å². The van der Waals surface area contributed by atoms with Crippen molar-refractivity contribution in [2.45, 2.75) is 6.92 Å². The molecule has 0 heterocycles. The van der Waals surface area contributed by atoms with Gasteiger partial charge in [0.15, 0.2) is 0 Å². The molecule has 0 aliphatic heterocycles. The van der Waals surface area contributed by atoms with Crippen LogP contribution in [0.25, 0.3) is 10.8 Å². The molecule has 0 saturated carbocycles. The van der Waals surface area contributed by atoms with Gasteiger partial charge in [0.1, 0.15) is 11.5 Å². The molecule has 4 radical (unpaired) electrons. The van der Waals surface area contributed by atoms with Gasteiger partial charge in [0.25, 0.3) is 0 Å². The quantitative estimate of drug-likeness (QED) is 0.412. The number of aryl methyl sites for hydroxylation is 1. The zero-order chi connectivity index (χ0) is 15.8. The Hall–Kier alpha value is 2.60. The molecule has 8 nitrogen and oxygen atoms in total. The summed E-state index contributed by atoms with van der Waals surface area (Å²) >= 11 is 0. The maximum atomic E-state index is 11.0. The molecule has 0 saturated heterocycles. The van der Waals surface area contributed by atoms with Crippen LogP contribution >= 0.6 is 15.6 Å². The van der Waals surface area contributed by atoms with Crippen LogP contribution in [0, 0.1) is 6.92 Å². The van der Waals surface area contributed by atoms with E-state index in [-0.39, 0.29) is 146 Å². The number of hydrogen-bond donors (Lipinski definition) is 4. The van der Waals surface area contributed by atoms with Gasteiger partial charge in [-0.1, -0.05) is 24.3 Å². The molecule has 2 rings (SSSR count). The molecule has 118 valence electrons. The zero-order valence-electron chi connectivity index (χ0n) is 14.7. The third-order valence-corrected chi connectivity index (χ3v) is 3.43. The van der Waals surface area contributed by atoms with E-state index in [0.717, 1.165) is 0 Å². The molecule has 0 unspecified atom stereocenters. The van der Waals surface area contributed by atoms with E-state index in [1.807, 2.05) is 0 Å². The molecule has 0 bridgehead atoms. The molecule has 0 amide bonds. The summed E-state index contributed by atoms with van der Waals surface area (Å²) in [4.78, 5) is 35.7. The Morgan fingerprint density at radius 3 is 1.68 bits per heavy atom. The van der Waals surface area contributed by atoms with Crippen LogP contribution < -0.4 is 9.05 Å². The normalized spacial score (nSPS) is 10.4. The first-order valence-corrected chi connectivity index (χ1v) is 8.65. The average molecular weight is 426 g/mol. The molecule has 0 atom stereocenters. The molecule has 0 aliphatic rings. The standard InChI is InChI=1S/C11H12O8P2.4Na/c1-7-6-10(18-20(12,13)14)8-4-2-3-5-9(8)11(7)19-21(15,16)17;;;;/h2-6H,1H3,(H2,12,13,14)(H2,15,16,17);;;;.